The summed E-state index contributed by atoms with van der Waals surface area (Å²) in [5.41, 5.74) is 2.75. The fourth-order valence-electron chi connectivity index (χ4n) is 4.79. The lowest BCUT2D eigenvalue weighted by molar-refractivity contribution is -0.0241. The SMILES string of the molecule is COc1ccc(CCCNCCC2(O)CCc3cc(F)ccc3C2C(C)C)cc1. The fraction of sp³-hybridized carbons (Fsp3) is 0.520. The Bertz CT molecular complexity index is 790. The first-order chi connectivity index (χ1) is 13.9. The number of rotatable bonds is 9. The predicted octanol–water partition coefficient (Wildman–Crippen LogP) is 4.86. The first kappa shape index (κ1) is 21.8. The topological polar surface area (TPSA) is 41.5 Å². The van der Waals surface area contributed by atoms with E-state index in [1.165, 1.54) is 11.6 Å². The Morgan fingerprint density at radius 3 is 2.62 bits per heavy atom. The lowest BCUT2D eigenvalue weighted by Gasteiger charge is -2.44. The predicted molar refractivity (Wildman–Crippen MR) is 116 cm³/mol. The van der Waals surface area contributed by atoms with Gasteiger partial charge in [-0.1, -0.05) is 32.0 Å². The van der Waals surface area contributed by atoms with E-state index in [4.69, 9.17) is 4.74 Å². The van der Waals surface area contributed by atoms with Crippen LogP contribution in [0.2, 0.25) is 0 Å². The fourth-order valence-corrected chi connectivity index (χ4v) is 4.79. The van der Waals surface area contributed by atoms with E-state index in [9.17, 15) is 9.50 Å². The molecule has 3 nitrogen and oxygen atoms in total. The lowest BCUT2D eigenvalue weighted by Crippen LogP contribution is -2.45. The second kappa shape index (κ2) is 9.73. The summed E-state index contributed by atoms with van der Waals surface area (Å²) in [6.07, 6.45) is 4.23. The zero-order valence-electron chi connectivity index (χ0n) is 17.9. The third-order valence-corrected chi connectivity index (χ3v) is 6.23. The summed E-state index contributed by atoms with van der Waals surface area (Å²) in [7, 11) is 1.68. The summed E-state index contributed by atoms with van der Waals surface area (Å²) in [5.74, 6) is 1.05. The van der Waals surface area contributed by atoms with Gasteiger partial charge in [0.25, 0.3) is 0 Å². The summed E-state index contributed by atoms with van der Waals surface area (Å²) in [6, 6.07) is 13.3. The molecule has 2 atom stereocenters. The molecule has 3 rings (SSSR count). The van der Waals surface area contributed by atoms with Gasteiger partial charge in [0, 0.05) is 5.92 Å². The van der Waals surface area contributed by atoms with Crippen LogP contribution in [0.25, 0.3) is 0 Å². The molecule has 0 bridgehead atoms. The van der Waals surface area contributed by atoms with E-state index in [2.05, 4.69) is 31.3 Å². The second-order valence-electron chi connectivity index (χ2n) is 8.62. The maximum absolute atomic E-state index is 13.6. The molecule has 158 valence electrons. The summed E-state index contributed by atoms with van der Waals surface area (Å²) in [5, 5.41) is 15.0. The highest BCUT2D eigenvalue weighted by Crippen LogP contribution is 2.45. The van der Waals surface area contributed by atoms with Gasteiger partial charge in [-0.05, 0) is 92.1 Å². The van der Waals surface area contributed by atoms with Crippen LogP contribution in [0.4, 0.5) is 4.39 Å². The Balaban J connectivity index is 1.49. The van der Waals surface area contributed by atoms with E-state index in [0.717, 1.165) is 55.6 Å². The molecule has 0 aliphatic heterocycles. The van der Waals surface area contributed by atoms with Crippen LogP contribution in [0.15, 0.2) is 42.5 Å². The number of aliphatic hydroxyl groups is 1. The average molecular weight is 400 g/mol. The molecule has 4 heteroatoms. The Morgan fingerprint density at radius 2 is 1.93 bits per heavy atom. The molecule has 0 spiro atoms. The van der Waals surface area contributed by atoms with Gasteiger partial charge in [-0.3, -0.25) is 0 Å². The summed E-state index contributed by atoms with van der Waals surface area (Å²) < 4.78 is 18.8. The van der Waals surface area contributed by atoms with Gasteiger partial charge in [0.2, 0.25) is 0 Å². The average Bonchev–Trinajstić information content (AvgIpc) is 2.71. The Kier molecular flexibility index (Phi) is 7.31. The molecule has 1 aliphatic carbocycles. The minimum atomic E-state index is -0.734. The molecule has 2 N–H and O–H groups in total. The van der Waals surface area contributed by atoms with E-state index < -0.39 is 5.60 Å². The third kappa shape index (κ3) is 5.37. The van der Waals surface area contributed by atoms with Gasteiger partial charge in [0.15, 0.2) is 0 Å². The molecule has 2 aromatic rings. The number of nitrogens with one attached hydrogen (secondary N) is 1. The highest BCUT2D eigenvalue weighted by atomic mass is 19.1. The highest BCUT2D eigenvalue weighted by molar-refractivity contribution is 5.37. The normalized spacial score (nSPS) is 21.2. The van der Waals surface area contributed by atoms with Crippen molar-refractivity contribution < 1.29 is 14.2 Å². The van der Waals surface area contributed by atoms with Gasteiger partial charge in [0.05, 0.1) is 12.7 Å². The molecular weight excluding hydrogens is 365 g/mol. The maximum Gasteiger partial charge on any atom is 0.123 e. The Hall–Kier alpha value is -1.91. The van der Waals surface area contributed by atoms with Crippen molar-refractivity contribution in [3.05, 3.63) is 65.0 Å². The molecule has 0 saturated carbocycles. The molecule has 0 aromatic heterocycles. The number of fused-ring (bicyclic) bond motifs is 1. The van der Waals surface area contributed by atoms with Crippen LogP contribution in [0.5, 0.6) is 5.75 Å². The van der Waals surface area contributed by atoms with Crippen molar-refractivity contribution >= 4 is 0 Å². The maximum atomic E-state index is 13.6. The van der Waals surface area contributed by atoms with Crippen LogP contribution in [0, 0.1) is 11.7 Å². The molecule has 1 aliphatic rings. The van der Waals surface area contributed by atoms with Gasteiger partial charge in [-0.15, -0.1) is 0 Å². The van der Waals surface area contributed by atoms with Crippen LogP contribution >= 0.6 is 0 Å². The number of ether oxygens (including phenoxy) is 1. The van der Waals surface area contributed by atoms with Gasteiger partial charge in [-0.2, -0.15) is 0 Å². The third-order valence-electron chi connectivity index (χ3n) is 6.23. The van der Waals surface area contributed by atoms with Crippen LogP contribution in [0.1, 0.15) is 55.7 Å². The first-order valence-corrected chi connectivity index (χ1v) is 10.8. The lowest BCUT2D eigenvalue weighted by atomic mass is 9.66. The second-order valence-corrected chi connectivity index (χ2v) is 8.62. The van der Waals surface area contributed by atoms with E-state index in [-0.39, 0.29) is 11.7 Å². The van der Waals surface area contributed by atoms with E-state index in [0.29, 0.717) is 12.3 Å². The van der Waals surface area contributed by atoms with E-state index >= 15 is 0 Å². The quantitative estimate of drug-likeness (QED) is 0.592. The molecule has 2 aromatic carbocycles. The number of halogens is 1. The van der Waals surface area contributed by atoms with E-state index in [1.807, 2.05) is 18.2 Å². The smallest absolute Gasteiger partial charge is 0.123 e. The number of benzene rings is 2. The monoisotopic (exact) mass is 399 g/mol. The van der Waals surface area contributed by atoms with Crippen molar-refractivity contribution in [1.82, 2.24) is 5.32 Å². The van der Waals surface area contributed by atoms with Crippen LogP contribution in [-0.4, -0.2) is 30.9 Å². The minimum absolute atomic E-state index is 0.0490. The number of hydrogen-bond donors (Lipinski definition) is 2. The summed E-state index contributed by atoms with van der Waals surface area (Å²) in [6.45, 7) is 6.02. The minimum Gasteiger partial charge on any atom is -0.497 e. The van der Waals surface area contributed by atoms with Crippen LogP contribution < -0.4 is 10.1 Å². The zero-order valence-corrected chi connectivity index (χ0v) is 17.9. The van der Waals surface area contributed by atoms with Crippen molar-refractivity contribution in [2.45, 2.75) is 57.5 Å². The van der Waals surface area contributed by atoms with Crippen LogP contribution in [-0.2, 0) is 12.8 Å². The van der Waals surface area contributed by atoms with Gasteiger partial charge >= 0.3 is 0 Å². The number of hydrogen-bond acceptors (Lipinski definition) is 3. The molecule has 29 heavy (non-hydrogen) atoms. The molecule has 0 radical (unpaired) electrons. The molecule has 0 amide bonds. The first-order valence-electron chi connectivity index (χ1n) is 10.8. The molecule has 0 heterocycles. The molecule has 2 unspecified atom stereocenters. The van der Waals surface area contributed by atoms with Gasteiger partial charge in [-0.25, -0.2) is 4.39 Å². The highest BCUT2D eigenvalue weighted by Gasteiger charge is 2.42. The number of methoxy groups -OCH3 is 1. The van der Waals surface area contributed by atoms with Crippen molar-refractivity contribution in [3.8, 4) is 5.75 Å². The Labute approximate surface area is 174 Å². The Morgan fingerprint density at radius 1 is 1.17 bits per heavy atom. The largest absolute Gasteiger partial charge is 0.497 e. The molecule has 0 saturated heterocycles. The van der Waals surface area contributed by atoms with Crippen LogP contribution in [0.3, 0.4) is 0 Å². The number of aryl methyl sites for hydroxylation is 2. The van der Waals surface area contributed by atoms with Crippen molar-refractivity contribution in [2.24, 2.45) is 5.92 Å². The summed E-state index contributed by atoms with van der Waals surface area (Å²) in [4.78, 5) is 0. The van der Waals surface area contributed by atoms with Gasteiger partial charge < -0.3 is 15.2 Å². The molecular formula is C25H34FNO2. The van der Waals surface area contributed by atoms with Crippen molar-refractivity contribution in [3.63, 3.8) is 0 Å². The zero-order chi connectivity index (χ0) is 20.9. The standard InChI is InChI=1S/C25H34FNO2/c1-18(2)24-23-11-8-21(26)17-20(23)12-13-25(24,28)14-16-27-15-4-5-19-6-9-22(29-3)10-7-19/h6-11,17-18,24,27-28H,4-5,12-16H2,1-3H3. The van der Waals surface area contributed by atoms with Gasteiger partial charge in [0.1, 0.15) is 11.6 Å². The van der Waals surface area contributed by atoms with E-state index in [1.54, 1.807) is 13.2 Å². The van der Waals surface area contributed by atoms with Crippen molar-refractivity contribution in [2.75, 3.05) is 20.2 Å². The summed E-state index contributed by atoms with van der Waals surface area (Å²) >= 11 is 0. The van der Waals surface area contributed by atoms with Crippen molar-refractivity contribution in [1.29, 1.82) is 0 Å². The molecule has 0 fully saturated rings.